The molecule has 0 aromatic carbocycles. The zero-order valence-corrected chi connectivity index (χ0v) is 31.7. The Morgan fingerprint density at radius 2 is 1.84 bits per heavy atom. The Balaban J connectivity index is 0.00000461. The number of esters is 1. The Morgan fingerprint density at radius 3 is 2.38 bits per heavy atom. The number of carbonyl (C=O) groups is 1. The van der Waals surface area contributed by atoms with Gasteiger partial charge in [0.25, 0.3) is 5.69 Å². The molecule has 45 heavy (non-hydrogen) atoms. The van der Waals surface area contributed by atoms with Gasteiger partial charge in [0.05, 0.1) is 18.8 Å². The van der Waals surface area contributed by atoms with Crippen LogP contribution in [0, 0.1) is 41.6 Å². The summed E-state index contributed by atoms with van der Waals surface area (Å²) in [6, 6.07) is 0. The minimum Gasteiger partial charge on any atom is -0.502 e. The maximum absolute atomic E-state index is 14.2. The third kappa shape index (κ3) is 6.17. The van der Waals surface area contributed by atoms with E-state index in [1.54, 1.807) is 0 Å². The number of carbonyl (C=O) groups excluding carboxylic acids is 1. The molecule has 5 rings (SSSR count). The molecule has 3 aliphatic rings. The van der Waals surface area contributed by atoms with Gasteiger partial charge in [-0.15, -0.1) is 0 Å². The minimum atomic E-state index is -0.544. The van der Waals surface area contributed by atoms with Gasteiger partial charge < -0.3 is 14.6 Å². The van der Waals surface area contributed by atoms with Crippen LogP contribution < -0.4 is 0 Å². The number of aromatic hydroxyl groups is 1. The van der Waals surface area contributed by atoms with Crippen LogP contribution in [0.1, 0.15) is 148 Å². The smallest absolute Gasteiger partial charge is 0.331 e. The average Bonchev–Trinajstić information content (AvgIpc) is 3.57. The van der Waals surface area contributed by atoms with Crippen LogP contribution in [0.15, 0.2) is 0 Å². The average molecular weight is 698 g/mol. The summed E-state index contributed by atoms with van der Waals surface area (Å²) in [5.41, 5.74) is 0.0871. The van der Waals surface area contributed by atoms with Gasteiger partial charge in [-0.2, -0.15) is 0 Å². The van der Waals surface area contributed by atoms with Gasteiger partial charge in [-0.3, -0.25) is 5.10 Å². The maximum Gasteiger partial charge on any atom is 0.331 e. The molecule has 9 heteroatoms. The van der Waals surface area contributed by atoms with Crippen LogP contribution in [0.3, 0.4) is 0 Å². The second-order valence-electron chi connectivity index (χ2n) is 14.7. The van der Waals surface area contributed by atoms with Crippen molar-refractivity contribution < 1.29 is 52.1 Å². The molecule has 7 unspecified atom stereocenters. The van der Waals surface area contributed by atoms with Gasteiger partial charge in [0.15, 0.2) is 5.65 Å². The van der Waals surface area contributed by atoms with Gasteiger partial charge >= 0.3 is 5.97 Å². The molecule has 2 N–H and O–H groups in total. The van der Waals surface area contributed by atoms with Gasteiger partial charge in [-0.1, -0.05) is 87.0 Å². The first kappa shape index (κ1) is 36.4. The second-order valence-corrected chi connectivity index (χ2v) is 14.7. The van der Waals surface area contributed by atoms with Crippen molar-refractivity contribution in [3.8, 4) is 5.88 Å². The summed E-state index contributed by atoms with van der Waals surface area (Å²) in [4.78, 5) is 22.8. The van der Waals surface area contributed by atoms with Crippen LogP contribution >= 0.6 is 0 Å². The van der Waals surface area contributed by atoms with Crippen molar-refractivity contribution in [1.29, 1.82) is 0 Å². The monoisotopic (exact) mass is 697 g/mol. The number of H-pyrrole nitrogens is 1. The van der Waals surface area contributed by atoms with Gasteiger partial charge in [0.2, 0.25) is 5.88 Å². The number of ether oxygens (including phenoxy) is 2. The maximum atomic E-state index is 14.2. The molecule has 1 spiro atoms. The molecular weight excluding hydrogens is 641 g/mol. The van der Waals surface area contributed by atoms with E-state index in [1.165, 1.54) is 10.9 Å². The molecular formula is C36H56N4O4Y. The Morgan fingerprint density at radius 1 is 1.18 bits per heavy atom. The van der Waals surface area contributed by atoms with E-state index in [2.05, 4.69) is 58.4 Å². The van der Waals surface area contributed by atoms with Crippen molar-refractivity contribution >= 4 is 17.3 Å². The minimum absolute atomic E-state index is 0. The number of rotatable bonds is 11. The predicted octanol–water partition coefficient (Wildman–Crippen LogP) is 9.21. The van der Waals surface area contributed by atoms with Crippen LogP contribution in [0.2, 0.25) is 0 Å². The molecule has 0 amide bonds. The summed E-state index contributed by atoms with van der Waals surface area (Å²) < 4.78 is 14.5. The Bertz CT molecular complexity index is 1340. The Labute approximate surface area is 295 Å². The number of fused-ring (bicyclic) bond motifs is 1. The number of hydrogen-bond acceptors (Lipinski definition) is 5. The summed E-state index contributed by atoms with van der Waals surface area (Å²) in [5, 5.41) is 14.6. The summed E-state index contributed by atoms with van der Waals surface area (Å²) in [7, 11) is 0. The number of unbranched alkanes of at least 4 members (excludes halogenated alkanes) is 1. The van der Waals surface area contributed by atoms with Crippen LogP contribution in [-0.4, -0.2) is 44.0 Å². The van der Waals surface area contributed by atoms with Crippen molar-refractivity contribution in [1.82, 2.24) is 14.6 Å². The van der Waals surface area contributed by atoms with Crippen LogP contribution in [0.4, 0.5) is 5.69 Å². The van der Waals surface area contributed by atoms with Crippen molar-refractivity contribution in [3.63, 3.8) is 0 Å². The quantitative estimate of drug-likeness (QED) is 0.180. The molecule has 1 radical (unpaired) electrons. The number of hydrogen-bond donors (Lipinski definition) is 2. The molecule has 8 nitrogen and oxygen atoms in total. The van der Waals surface area contributed by atoms with Gasteiger partial charge in [-0.05, 0) is 68.1 Å². The molecule has 2 aromatic rings. The molecule has 3 heterocycles. The van der Waals surface area contributed by atoms with Gasteiger partial charge in [-0.25, -0.2) is 19.1 Å². The van der Waals surface area contributed by atoms with E-state index < -0.39 is 5.97 Å². The third-order valence-corrected chi connectivity index (χ3v) is 12.4. The molecule has 1 saturated heterocycles. The Kier molecular flexibility index (Phi) is 12.0. The fraction of sp³-hybridized carbons (Fsp3) is 0.806. The number of nitrogens with zero attached hydrogens (tertiary/aromatic N) is 3. The topological polar surface area (TPSA) is 93.2 Å². The zero-order chi connectivity index (χ0) is 31.8. The molecule has 3 fully saturated rings. The van der Waals surface area contributed by atoms with Crippen molar-refractivity contribution in [2.45, 2.75) is 143 Å². The molecule has 0 bridgehead atoms. The van der Waals surface area contributed by atoms with E-state index in [4.69, 9.17) is 21.0 Å². The zero-order valence-electron chi connectivity index (χ0n) is 28.8. The molecule has 2 saturated carbocycles. The van der Waals surface area contributed by atoms with E-state index in [-0.39, 0.29) is 90.4 Å². The van der Waals surface area contributed by atoms with E-state index in [0.717, 1.165) is 83.1 Å². The van der Waals surface area contributed by atoms with Crippen molar-refractivity contribution in [2.75, 3.05) is 6.61 Å². The molecule has 1 aliphatic heterocycles. The van der Waals surface area contributed by atoms with Crippen LogP contribution in [-0.2, 0) is 42.2 Å². The van der Waals surface area contributed by atoms with Crippen LogP contribution in [0.5, 0.6) is 5.88 Å². The summed E-state index contributed by atoms with van der Waals surface area (Å²) >= 11 is 0. The van der Waals surface area contributed by atoms with Crippen molar-refractivity contribution in [3.05, 3.63) is 22.8 Å². The van der Waals surface area contributed by atoms with E-state index in [0.29, 0.717) is 17.8 Å². The molecule has 7 atom stereocenters. The van der Waals surface area contributed by atoms with E-state index in [9.17, 15) is 9.90 Å². The largest absolute Gasteiger partial charge is 0.502 e. The third-order valence-electron chi connectivity index (χ3n) is 12.4. The van der Waals surface area contributed by atoms with E-state index >= 15 is 0 Å². The van der Waals surface area contributed by atoms with E-state index in [1.807, 2.05) is 0 Å². The van der Waals surface area contributed by atoms with Crippen LogP contribution in [0.25, 0.3) is 10.5 Å². The molecule has 2 aliphatic carbocycles. The summed E-state index contributed by atoms with van der Waals surface area (Å²) in [5.74, 6) is 1.86. The second kappa shape index (κ2) is 14.8. The normalized spacial score (nSPS) is 32.8. The fourth-order valence-corrected chi connectivity index (χ4v) is 9.28. The predicted molar refractivity (Wildman–Crippen MR) is 173 cm³/mol. The fourth-order valence-electron chi connectivity index (χ4n) is 9.28. The number of nitrogens with one attached hydrogen (secondary N) is 1. The standard InChI is InChI=1S/C36H56N4O4.Y/c1-9-13-17-35(12-4)21-43-36(35)18-15-14-16-27(36)31-38-32-28(29(37-8)33(41)40(32)39-31)34(42)44-30-25(23(6)10-2)19-22(5)20-26(30)24(7)11-3;/h22-27,30,41H,9-21H2,1-7H3,(H,38,39);. The first-order valence-electron chi connectivity index (χ1n) is 17.7. The SMILES string of the molecule is [C-]#[N+]c1c(C(=O)OC2C(C(C)CC)CC(C)CC2C(C)CC)c2nc(C3CCCCC34OCC4(CC)CCCC)[nH]n2c1O.[Y]. The molecule has 2 aromatic heterocycles. The van der Waals surface area contributed by atoms with Gasteiger partial charge in [0, 0.05) is 44.0 Å². The first-order valence-corrected chi connectivity index (χ1v) is 17.7. The first-order chi connectivity index (χ1) is 21.1. The number of aromatic amines is 1. The van der Waals surface area contributed by atoms with Crippen molar-refractivity contribution in [2.24, 2.45) is 35.0 Å². The summed E-state index contributed by atoms with van der Waals surface area (Å²) in [6.07, 6.45) is 12.5. The Hall–Kier alpha value is -1.43. The summed E-state index contributed by atoms with van der Waals surface area (Å²) in [6.45, 7) is 24.5. The molecule has 247 valence electrons. The number of aromatic nitrogens is 3. The van der Waals surface area contributed by atoms with Gasteiger partial charge in [0.1, 0.15) is 17.5 Å².